The molecule has 1 aliphatic rings. The van der Waals surface area contributed by atoms with Crippen molar-refractivity contribution < 1.29 is 19.0 Å². The third kappa shape index (κ3) is 2.61. The lowest BCUT2D eigenvalue weighted by molar-refractivity contribution is 0.0256. The highest BCUT2D eigenvalue weighted by Crippen LogP contribution is 2.31. The molecule has 24 heavy (non-hydrogen) atoms. The zero-order valence-electron chi connectivity index (χ0n) is 13.4. The minimum atomic E-state index is -0.432. The van der Waals surface area contributed by atoms with Crippen molar-refractivity contribution in [2.75, 3.05) is 13.2 Å². The van der Waals surface area contributed by atoms with E-state index < -0.39 is 5.63 Å². The Bertz CT molecular complexity index is 967. The van der Waals surface area contributed by atoms with E-state index in [2.05, 4.69) is 0 Å². The Kier molecular flexibility index (Phi) is 3.65. The van der Waals surface area contributed by atoms with Crippen LogP contribution in [-0.4, -0.2) is 24.4 Å². The lowest BCUT2D eigenvalue weighted by Gasteiger charge is -2.23. The van der Waals surface area contributed by atoms with Crippen molar-refractivity contribution in [3.05, 3.63) is 46.3 Å². The van der Waals surface area contributed by atoms with Crippen LogP contribution in [0.25, 0.3) is 21.7 Å². The molecule has 0 saturated carbocycles. The van der Waals surface area contributed by atoms with Gasteiger partial charge in [0.1, 0.15) is 23.2 Å². The van der Waals surface area contributed by atoms with Crippen molar-refractivity contribution in [3.8, 4) is 11.5 Å². The maximum Gasteiger partial charge on any atom is 0.344 e. The van der Waals surface area contributed by atoms with Gasteiger partial charge in [0.25, 0.3) is 0 Å². The van der Waals surface area contributed by atoms with Crippen molar-refractivity contribution in [1.29, 1.82) is 0 Å². The Balaban J connectivity index is 1.81. The zero-order valence-corrected chi connectivity index (χ0v) is 13.4. The minimum Gasteiger partial charge on any atom is -0.508 e. The quantitative estimate of drug-likeness (QED) is 0.576. The summed E-state index contributed by atoms with van der Waals surface area (Å²) in [6, 6.07) is 8.80. The van der Waals surface area contributed by atoms with Crippen molar-refractivity contribution >= 4 is 21.7 Å². The van der Waals surface area contributed by atoms with Gasteiger partial charge in [-0.1, -0.05) is 0 Å². The topological polar surface area (TPSA) is 68.9 Å². The Morgan fingerprint density at radius 2 is 1.88 bits per heavy atom. The highest BCUT2D eigenvalue weighted by molar-refractivity contribution is 6.05. The standard InChI is InChI=1S/C19H18O5/c1-11-8-15-14-3-2-13(23-12-4-6-22-7-5-12)9-16(14)19(21)24-18(15)10-17(11)20/h2-3,8-10,12,20H,4-7H2,1H3. The lowest BCUT2D eigenvalue weighted by atomic mass is 10.0. The molecule has 1 aromatic heterocycles. The van der Waals surface area contributed by atoms with Crippen LogP contribution in [0.15, 0.2) is 39.5 Å². The van der Waals surface area contributed by atoms with Crippen LogP contribution in [0.4, 0.5) is 0 Å². The summed E-state index contributed by atoms with van der Waals surface area (Å²) in [6.45, 7) is 3.22. The number of aromatic hydroxyl groups is 1. The SMILES string of the molecule is Cc1cc2c(cc1O)oc(=O)c1cc(OC3CCOCC3)ccc12. The van der Waals surface area contributed by atoms with Crippen LogP contribution in [0.2, 0.25) is 0 Å². The third-order valence-electron chi connectivity index (χ3n) is 4.47. The van der Waals surface area contributed by atoms with Crippen LogP contribution < -0.4 is 10.4 Å². The molecular weight excluding hydrogens is 308 g/mol. The molecular formula is C19H18O5. The maximum absolute atomic E-state index is 12.3. The highest BCUT2D eigenvalue weighted by atomic mass is 16.5. The van der Waals surface area contributed by atoms with Gasteiger partial charge in [-0.15, -0.1) is 0 Å². The molecule has 0 spiro atoms. The predicted molar refractivity (Wildman–Crippen MR) is 90.9 cm³/mol. The van der Waals surface area contributed by atoms with Crippen molar-refractivity contribution in [3.63, 3.8) is 0 Å². The second-order valence-corrected chi connectivity index (χ2v) is 6.16. The van der Waals surface area contributed by atoms with E-state index in [1.54, 1.807) is 6.07 Å². The molecule has 0 bridgehead atoms. The van der Waals surface area contributed by atoms with Crippen LogP contribution in [0.3, 0.4) is 0 Å². The van der Waals surface area contributed by atoms with Gasteiger partial charge in [0.15, 0.2) is 0 Å². The highest BCUT2D eigenvalue weighted by Gasteiger charge is 2.16. The summed E-state index contributed by atoms with van der Waals surface area (Å²) in [4.78, 5) is 12.3. The molecule has 0 radical (unpaired) electrons. The molecule has 1 aliphatic heterocycles. The number of phenolic OH excluding ortho intramolecular Hbond substituents is 1. The van der Waals surface area contributed by atoms with E-state index in [1.807, 2.05) is 25.1 Å². The molecule has 5 heteroatoms. The molecule has 5 nitrogen and oxygen atoms in total. The molecule has 124 valence electrons. The first kappa shape index (κ1) is 15.0. The van der Waals surface area contributed by atoms with Gasteiger partial charge in [0.05, 0.1) is 18.6 Å². The molecule has 1 N–H and O–H groups in total. The van der Waals surface area contributed by atoms with Gasteiger partial charge in [0.2, 0.25) is 0 Å². The molecule has 0 unspecified atom stereocenters. The summed E-state index contributed by atoms with van der Waals surface area (Å²) in [5.41, 5.74) is 0.687. The fourth-order valence-electron chi connectivity index (χ4n) is 3.11. The number of ether oxygens (including phenoxy) is 2. The fraction of sp³-hybridized carbons (Fsp3) is 0.316. The molecule has 4 rings (SSSR count). The smallest absolute Gasteiger partial charge is 0.344 e. The summed E-state index contributed by atoms with van der Waals surface area (Å²) in [5, 5.41) is 11.9. The fourth-order valence-corrected chi connectivity index (χ4v) is 3.11. The average Bonchev–Trinajstić information content (AvgIpc) is 2.58. The molecule has 1 fully saturated rings. The Labute approximate surface area is 138 Å². The molecule has 2 aromatic carbocycles. The van der Waals surface area contributed by atoms with E-state index in [-0.39, 0.29) is 11.9 Å². The first-order valence-electron chi connectivity index (χ1n) is 8.06. The number of rotatable bonds is 2. The van der Waals surface area contributed by atoms with Crippen LogP contribution in [-0.2, 0) is 4.74 Å². The summed E-state index contributed by atoms with van der Waals surface area (Å²) >= 11 is 0. The van der Waals surface area contributed by atoms with E-state index in [0.29, 0.717) is 29.9 Å². The summed E-state index contributed by atoms with van der Waals surface area (Å²) < 4.78 is 16.7. The zero-order chi connectivity index (χ0) is 16.7. The van der Waals surface area contributed by atoms with Gasteiger partial charge >= 0.3 is 5.63 Å². The maximum atomic E-state index is 12.3. The summed E-state index contributed by atoms with van der Waals surface area (Å²) in [7, 11) is 0. The number of hydrogen-bond donors (Lipinski definition) is 1. The van der Waals surface area contributed by atoms with E-state index in [0.717, 1.165) is 29.2 Å². The first-order chi connectivity index (χ1) is 11.6. The van der Waals surface area contributed by atoms with E-state index >= 15 is 0 Å². The van der Waals surface area contributed by atoms with Gasteiger partial charge in [-0.2, -0.15) is 0 Å². The predicted octanol–water partition coefficient (Wildman–Crippen LogP) is 3.52. The number of phenols is 1. The monoisotopic (exact) mass is 326 g/mol. The molecule has 3 aromatic rings. The molecule has 0 aliphatic carbocycles. The molecule has 0 amide bonds. The van der Waals surface area contributed by atoms with Crippen LogP contribution in [0.1, 0.15) is 18.4 Å². The van der Waals surface area contributed by atoms with Gasteiger partial charge in [-0.05, 0) is 36.8 Å². The molecule has 2 heterocycles. The Morgan fingerprint density at radius 1 is 1.08 bits per heavy atom. The first-order valence-corrected chi connectivity index (χ1v) is 8.06. The van der Waals surface area contributed by atoms with E-state index in [4.69, 9.17) is 13.9 Å². The minimum absolute atomic E-state index is 0.114. The normalized spacial score (nSPS) is 15.9. The van der Waals surface area contributed by atoms with Crippen LogP contribution in [0, 0.1) is 6.92 Å². The van der Waals surface area contributed by atoms with Gasteiger partial charge in [0, 0.05) is 29.7 Å². The Hall–Kier alpha value is -2.53. The Morgan fingerprint density at radius 3 is 2.67 bits per heavy atom. The van der Waals surface area contributed by atoms with Crippen LogP contribution >= 0.6 is 0 Å². The number of hydrogen-bond acceptors (Lipinski definition) is 5. The lowest BCUT2D eigenvalue weighted by Crippen LogP contribution is -2.25. The van der Waals surface area contributed by atoms with Crippen molar-refractivity contribution in [2.45, 2.75) is 25.9 Å². The van der Waals surface area contributed by atoms with E-state index in [1.165, 1.54) is 6.07 Å². The third-order valence-corrected chi connectivity index (χ3v) is 4.47. The number of aryl methyl sites for hydroxylation is 1. The van der Waals surface area contributed by atoms with Gasteiger partial charge in [-0.25, -0.2) is 4.79 Å². The molecule has 1 saturated heterocycles. The van der Waals surface area contributed by atoms with Crippen LogP contribution in [0.5, 0.6) is 11.5 Å². The second-order valence-electron chi connectivity index (χ2n) is 6.16. The second kappa shape index (κ2) is 5.83. The summed E-state index contributed by atoms with van der Waals surface area (Å²) in [5.74, 6) is 0.779. The molecule has 0 atom stereocenters. The van der Waals surface area contributed by atoms with Gasteiger partial charge in [-0.3, -0.25) is 0 Å². The summed E-state index contributed by atoms with van der Waals surface area (Å²) in [6.07, 6.45) is 1.81. The van der Waals surface area contributed by atoms with E-state index in [9.17, 15) is 9.90 Å². The van der Waals surface area contributed by atoms with Crippen molar-refractivity contribution in [1.82, 2.24) is 0 Å². The average molecular weight is 326 g/mol. The number of benzene rings is 2. The van der Waals surface area contributed by atoms with Crippen molar-refractivity contribution in [2.24, 2.45) is 0 Å². The van der Waals surface area contributed by atoms with Gasteiger partial charge < -0.3 is 19.0 Å². The largest absolute Gasteiger partial charge is 0.508 e. The number of fused-ring (bicyclic) bond motifs is 3.